The Morgan fingerprint density at radius 2 is 1.79 bits per heavy atom. The van der Waals surface area contributed by atoms with Gasteiger partial charge in [-0.25, -0.2) is 0 Å². The number of hydrogen-bond donors (Lipinski definition) is 0. The van der Waals surface area contributed by atoms with E-state index in [2.05, 4.69) is 4.18 Å². The smallest absolute Gasteiger partial charge is 0.264 e. The molecule has 5 heteroatoms. The van der Waals surface area contributed by atoms with Crippen LogP contribution in [0.15, 0.2) is 0 Å². The summed E-state index contributed by atoms with van der Waals surface area (Å²) in [5.41, 5.74) is -0.562. The molecule has 86 valence electrons. The van der Waals surface area contributed by atoms with Gasteiger partial charge in [-0.2, -0.15) is 8.42 Å². The molecule has 0 bridgehead atoms. The van der Waals surface area contributed by atoms with Crippen molar-refractivity contribution in [2.24, 2.45) is 5.92 Å². The molecule has 0 radical (unpaired) electrons. The molecular weight excluding hydrogens is 204 g/mol. The first-order chi connectivity index (χ1) is 6.12. The van der Waals surface area contributed by atoms with Crippen molar-refractivity contribution in [3.63, 3.8) is 0 Å². The van der Waals surface area contributed by atoms with E-state index in [-0.39, 0.29) is 6.61 Å². The summed E-state index contributed by atoms with van der Waals surface area (Å²) in [4.78, 5) is 0. The largest absolute Gasteiger partial charge is 0.373 e. The van der Waals surface area contributed by atoms with Crippen LogP contribution >= 0.6 is 0 Å². The van der Waals surface area contributed by atoms with E-state index in [0.29, 0.717) is 12.5 Å². The Bertz CT molecular complexity index is 254. The zero-order chi connectivity index (χ0) is 11.4. The van der Waals surface area contributed by atoms with Gasteiger partial charge in [0.2, 0.25) is 0 Å². The van der Waals surface area contributed by atoms with Gasteiger partial charge in [-0.3, -0.25) is 4.18 Å². The number of hydrogen-bond acceptors (Lipinski definition) is 4. The first-order valence-electron chi connectivity index (χ1n) is 4.61. The Kier molecular flexibility index (Phi) is 5.05. The molecule has 0 aromatic carbocycles. The molecule has 0 atom stereocenters. The van der Waals surface area contributed by atoms with E-state index in [4.69, 9.17) is 4.74 Å². The minimum atomic E-state index is -3.38. The summed E-state index contributed by atoms with van der Waals surface area (Å²) in [6, 6.07) is 0. The molecule has 0 fully saturated rings. The summed E-state index contributed by atoms with van der Waals surface area (Å²) in [5.74, 6) is 0.424. The maximum absolute atomic E-state index is 10.7. The molecule has 0 aliphatic rings. The van der Waals surface area contributed by atoms with Crippen LogP contribution < -0.4 is 0 Å². The maximum atomic E-state index is 10.7. The van der Waals surface area contributed by atoms with Crippen LogP contribution in [0.5, 0.6) is 0 Å². The maximum Gasteiger partial charge on any atom is 0.264 e. The lowest BCUT2D eigenvalue weighted by Crippen LogP contribution is -2.33. The minimum absolute atomic E-state index is 0.0541. The third-order valence-electron chi connectivity index (χ3n) is 1.43. The molecule has 0 aromatic heterocycles. The fourth-order valence-corrected chi connectivity index (χ4v) is 1.18. The van der Waals surface area contributed by atoms with E-state index >= 15 is 0 Å². The minimum Gasteiger partial charge on any atom is -0.373 e. The predicted octanol–water partition coefficient (Wildman–Crippen LogP) is 1.41. The Morgan fingerprint density at radius 1 is 1.29 bits per heavy atom. The highest BCUT2D eigenvalue weighted by molar-refractivity contribution is 7.85. The third-order valence-corrected chi connectivity index (χ3v) is 1.97. The van der Waals surface area contributed by atoms with Crippen molar-refractivity contribution >= 4 is 10.1 Å². The van der Waals surface area contributed by atoms with Crippen molar-refractivity contribution in [2.45, 2.75) is 33.3 Å². The van der Waals surface area contributed by atoms with Gasteiger partial charge in [0.25, 0.3) is 10.1 Å². The Hall–Kier alpha value is -0.130. The highest BCUT2D eigenvalue weighted by atomic mass is 32.2. The van der Waals surface area contributed by atoms with Crippen molar-refractivity contribution in [3.8, 4) is 0 Å². The van der Waals surface area contributed by atoms with Crippen LogP contribution in [-0.4, -0.2) is 33.5 Å². The van der Waals surface area contributed by atoms with Crippen LogP contribution in [0.4, 0.5) is 0 Å². The van der Waals surface area contributed by atoms with Crippen LogP contribution in [0, 0.1) is 5.92 Å². The van der Waals surface area contributed by atoms with Crippen LogP contribution in [0.2, 0.25) is 0 Å². The second-order valence-electron chi connectivity index (χ2n) is 4.43. The van der Waals surface area contributed by atoms with Crippen molar-refractivity contribution in [2.75, 3.05) is 19.5 Å². The summed E-state index contributed by atoms with van der Waals surface area (Å²) in [6.07, 6.45) is 1.03. The van der Waals surface area contributed by atoms with E-state index in [9.17, 15) is 8.42 Å². The van der Waals surface area contributed by atoms with Gasteiger partial charge in [-0.15, -0.1) is 0 Å². The Morgan fingerprint density at radius 3 is 2.14 bits per heavy atom. The van der Waals surface area contributed by atoms with Gasteiger partial charge >= 0.3 is 0 Å². The van der Waals surface area contributed by atoms with E-state index in [0.717, 1.165) is 6.26 Å². The highest BCUT2D eigenvalue weighted by Gasteiger charge is 2.21. The van der Waals surface area contributed by atoms with E-state index in [1.807, 2.05) is 13.8 Å². The average molecular weight is 224 g/mol. The quantitative estimate of drug-likeness (QED) is 0.640. The first-order valence-corrected chi connectivity index (χ1v) is 6.42. The fourth-order valence-electron chi connectivity index (χ4n) is 0.683. The molecule has 0 spiro atoms. The Labute approximate surface area is 86.7 Å². The normalized spacial score (nSPS) is 13.6. The molecule has 0 aliphatic heterocycles. The van der Waals surface area contributed by atoms with Crippen LogP contribution in [-0.2, 0) is 19.0 Å². The summed E-state index contributed by atoms with van der Waals surface area (Å²) in [6.45, 7) is 8.33. The molecule has 0 N–H and O–H groups in total. The lowest BCUT2D eigenvalue weighted by Gasteiger charge is -2.25. The molecule has 0 saturated heterocycles. The summed E-state index contributed by atoms with van der Waals surface area (Å²) >= 11 is 0. The SMILES string of the molecule is CC(C)COC(C)(C)COS(C)(=O)=O. The summed E-state index contributed by atoms with van der Waals surface area (Å²) in [5, 5.41) is 0. The van der Waals surface area contributed by atoms with Crippen molar-refractivity contribution in [1.82, 2.24) is 0 Å². The van der Waals surface area contributed by atoms with Crippen molar-refractivity contribution < 1.29 is 17.3 Å². The monoisotopic (exact) mass is 224 g/mol. The summed E-state index contributed by atoms with van der Waals surface area (Å²) < 4.78 is 31.6. The molecule has 0 aliphatic carbocycles. The van der Waals surface area contributed by atoms with Gasteiger partial charge in [-0.05, 0) is 19.8 Å². The van der Waals surface area contributed by atoms with Gasteiger partial charge in [0.05, 0.1) is 18.5 Å². The second-order valence-corrected chi connectivity index (χ2v) is 6.07. The lowest BCUT2D eigenvalue weighted by molar-refractivity contribution is -0.0558. The van der Waals surface area contributed by atoms with Crippen LogP contribution in [0.3, 0.4) is 0 Å². The molecule has 0 rings (SSSR count). The topological polar surface area (TPSA) is 52.6 Å². The molecule has 0 heterocycles. The van der Waals surface area contributed by atoms with Crippen molar-refractivity contribution in [1.29, 1.82) is 0 Å². The van der Waals surface area contributed by atoms with Crippen LogP contribution in [0.25, 0.3) is 0 Å². The molecule has 0 unspecified atom stereocenters. The predicted molar refractivity (Wildman–Crippen MR) is 55.7 cm³/mol. The third kappa shape index (κ3) is 8.47. The molecule has 14 heavy (non-hydrogen) atoms. The van der Waals surface area contributed by atoms with Gasteiger partial charge in [-0.1, -0.05) is 13.8 Å². The average Bonchev–Trinajstić information content (AvgIpc) is 1.97. The second kappa shape index (κ2) is 5.09. The van der Waals surface area contributed by atoms with Gasteiger partial charge in [0.1, 0.15) is 0 Å². The van der Waals surface area contributed by atoms with Gasteiger partial charge in [0, 0.05) is 6.61 Å². The van der Waals surface area contributed by atoms with E-state index < -0.39 is 15.7 Å². The van der Waals surface area contributed by atoms with Gasteiger partial charge < -0.3 is 4.74 Å². The molecule has 0 amide bonds. The first kappa shape index (κ1) is 13.9. The van der Waals surface area contributed by atoms with E-state index in [1.54, 1.807) is 13.8 Å². The lowest BCUT2D eigenvalue weighted by atomic mass is 10.1. The zero-order valence-corrected chi connectivity index (χ0v) is 10.3. The van der Waals surface area contributed by atoms with E-state index in [1.165, 1.54) is 0 Å². The standard InChI is InChI=1S/C9H20O4S/c1-8(2)6-12-9(3,4)7-13-14(5,10)11/h8H,6-7H2,1-5H3. The van der Waals surface area contributed by atoms with Crippen LogP contribution in [0.1, 0.15) is 27.7 Å². The van der Waals surface area contributed by atoms with Crippen molar-refractivity contribution in [3.05, 3.63) is 0 Å². The number of ether oxygens (including phenoxy) is 1. The summed E-state index contributed by atoms with van der Waals surface area (Å²) in [7, 11) is -3.38. The molecule has 4 nitrogen and oxygen atoms in total. The zero-order valence-electron chi connectivity index (χ0n) is 9.53. The fraction of sp³-hybridized carbons (Fsp3) is 1.00. The molecule has 0 aromatic rings. The van der Waals surface area contributed by atoms with Gasteiger partial charge in [0.15, 0.2) is 0 Å². The molecule has 0 saturated carbocycles. The highest BCUT2D eigenvalue weighted by Crippen LogP contribution is 2.12. The Balaban J connectivity index is 3.95. The number of rotatable bonds is 6. The molecular formula is C9H20O4S.